The van der Waals surface area contributed by atoms with E-state index in [2.05, 4.69) is 33.9 Å². The lowest BCUT2D eigenvalue weighted by Gasteiger charge is -2.32. The van der Waals surface area contributed by atoms with Crippen molar-refractivity contribution in [1.82, 2.24) is 15.3 Å². The molecule has 3 N–H and O–H groups in total. The first-order valence-electron chi connectivity index (χ1n) is 15.2. The number of rotatable bonds is 12. The van der Waals surface area contributed by atoms with Crippen LogP contribution in [0.1, 0.15) is 66.2 Å². The van der Waals surface area contributed by atoms with E-state index in [1.165, 1.54) is 0 Å². The van der Waals surface area contributed by atoms with Gasteiger partial charge in [0.05, 0.1) is 28.8 Å². The molecular weight excluding hydrogens is 568 g/mol. The number of nitrogens with zero attached hydrogens (tertiary/aromatic N) is 3. The fourth-order valence-corrected chi connectivity index (χ4v) is 5.70. The third-order valence-corrected chi connectivity index (χ3v) is 8.08. The van der Waals surface area contributed by atoms with Gasteiger partial charge in [-0.1, -0.05) is 17.7 Å². The van der Waals surface area contributed by atoms with Gasteiger partial charge in [0.25, 0.3) is 0 Å². The molecule has 1 aliphatic carbocycles. The SMILES string of the molecule is C[C@@H](COCC(=O)OC(C)(C)C)N[C@H]1CC[C@H](Nc2cc(-c3cccc(NCC4(C#N)CCOCC4)n3)c(Cl)cn2)CC1. The molecule has 0 amide bonds. The monoisotopic (exact) mass is 612 g/mol. The topological polar surface area (TPSA) is 130 Å². The lowest BCUT2D eigenvalue weighted by atomic mass is 9.82. The van der Waals surface area contributed by atoms with Crippen molar-refractivity contribution in [3.05, 3.63) is 35.5 Å². The highest BCUT2D eigenvalue weighted by molar-refractivity contribution is 6.33. The van der Waals surface area contributed by atoms with E-state index in [0.717, 1.165) is 42.8 Å². The minimum absolute atomic E-state index is 0.0376. The summed E-state index contributed by atoms with van der Waals surface area (Å²) in [6, 6.07) is 11.1. The third kappa shape index (κ3) is 10.3. The standard InChI is InChI=1S/C32H45ClN6O4/c1-22(18-42-19-30(40)43-31(2,3)4)37-23-8-10-24(11-9-23)38-29-16-25(26(33)17-35-29)27-6-5-7-28(39-27)36-21-32(20-34)12-14-41-15-13-32/h5-7,16-17,22-24,37H,8-15,18-19,21H2,1-4H3,(H,35,38)(H,36,39)/t22-,23-,24-/m0/s1. The molecular formula is C32H45ClN6O4. The zero-order valence-electron chi connectivity index (χ0n) is 25.7. The number of hydrogen-bond donors (Lipinski definition) is 3. The van der Waals surface area contributed by atoms with Gasteiger partial charge in [-0.2, -0.15) is 5.26 Å². The van der Waals surface area contributed by atoms with Crippen molar-refractivity contribution in [1.29, 1.82) is 5.26 Å². The number of halogens is 1. The first kappa shape index (κ1) is 32.9. The molecule has 4 rings (SSSR count). The highest BCUT2D eigenvalue weighted by Crippen LogP contribution is 2.32. The number of pyridine rings is 2. The number of nitriles is 1. The molecule has 1 saturated heterocycles. The van der Waals surface area contributed by atoms with E-state index in [4.69, 9.17) is 30.8 Å². The molecule has 2 fully saturated rings. The molecule has 234 valence electrons. The van der Waals surface area contributed by atoms with E-state index in [1.54, 1.807) is 6.20 Å². The third-order valence-electron chi connectivity index (χ3n) is 7.78. The number of anilines is 2. The van der Waals surface area contributed by atoms with E-state index in [1.807, 2.05) is 45.0 Å². The van der Waals surface area contributed by atoms with Gasteiger partial charge in [-0.15, -0.1) is 0 Å². The molecule has 1 aliphatic heterocycles. The second kappa shape index (κ2) is 15.2. The Morgan fingerprint density at radius 1 is 1.19 bits per heavy atom. The second-order valence-corrected chi connectivity index (χ2v) is 13.1. The van der Waals surface area contributed by atoms with Gasteiger partial charge in [0.2, 0.25) is 0 Å². The molecule has 1 saturated carbocycles. The fraction of sp³-hybridized carbons (Fsp3) is 0.625. The summed E-state index contributed by atoms with van der Waals surface area (Å²) >= 11 is 6.57. The number of esters is 1. The Labute approximate surface area is 260 Å². The van der Waals surface area contributed by atoms with Crippen molar-refractivity contribution in [3.63, 3.8) is 0 Å². The molecule has 0 radical (unpaired) electrons. The number of nitrogens with one attached hydrogen (secondary N) is 3. The van der Waals surface area contributed by atoms with Gasteiger partial charge in [0.15, 0.2) is 0 Å². The molecule has 11 heteroatoms. The minimum Gasteiger partial charge on any atom is -0.458 e. The Morgan fingerprint density at radius 3 is 2.60 bits per heavy atom. The molecule has 0 unspecified atom stereocenters. The lowest BCUT2D eigenvalue weighted by Crippen LogP contribution is -2.43. The first-order valence-corrected chi connectivity index (χ1v) is 15.6. The van der Waals surface area contributed by atoms with E-state index in [9.17, 15) is 10.1 Å². The summed E-state index contributed by atoms with van der Waals surface area (Å²) in [6.07, 6.45) is 7.16. The minimum atomic E-state index is -0.506. The Kier molecular flexibility index (Phi) is 11.6. The lowest BCUT2D eigenvalue weighted by molar-refractivity contribution is -0.160. The quantitative estimate of drug-likeness (QED) is 0.261. The fourth-order valence-electron chi connectivity index (χ4n) is 5.50. The largest absolute Gasteiger partial charge is 0.458 e. The van der Waals surface area contributed by atoms with Crippen LogP contribution in [0.25, 0.3) is 11.3 Å². The van der Waals surface area contributed by atoms with Crippen LogP contribution in [0.3, 0.4) is 0 Å². The van der Waals surface area contributed by atoms with Gasteiger partial charge in [-0.05, 0) is 84.4 Å². The molecule has 43 heavy (non-hydrogen) atoms. The molecule has 1 atom stereocenters. The zero-order valence-corrected chi connectivity index (χ0v) is 26.5. The summed E-state index contributed by atoms with van der Waals surface area (Å²) < 4.78 is 16.3. The summed E-state index contributed by atoms with van der Waals surface area (Å²) in [5.41, 5.74) is 0.602. The summed E-state index contributed by atoms with van der Waals surface area (Å²) in [7, 11) is 0. The normalized spacial score (nSPS) is 20.9. The van der Waals surface area contributed by atoms with Gasteiger partial charge in [0, 0.05) is 49.6 Å². The van der Waals surface area contributed by atoms with E-state index >= 15 is 0 Å². The van der Waals surface area contributed by atoms with Gasteiger partial charge in [0.1, 0.15) is 23.8 Å². The van der Waals surface area contributed by atoms with Gasteiger partial charge in [-0.25, -0.2) is 14.8 Å². The van der Waals surface area contributed by atoms with Crippen molar-refractivity contribution in [3.8, 4) is 17.3 Å². The molecule has 0 bridgehead atoms. The van der Waals surface area contributed by atoms with E-state index in [-0.39, 0.29) is 18.6 Å². The Morgan fingerprint density at radius 2 is 1.91 bits per heavy atom. The summed E-state index contributed by atoms with van der Waals surface area (Å²) in [4.78, 5) is 21.2. The first-order chi connectivity index (χ1) is 20.5. The Hall–Kier alpha value is -2.97. The predicted molar refractivity (Wildman–Crippen MR) is 168 cm³/mol. The van der Waals surface area contributed by atoms with Crippen LogP contribution in [0.5, 0.6) is 0 Å². The maximum atomic E-state index is 11.8. The van der Waals surface area contributed by atoms with Crippen LogP contribution < -0.4 is 16.0 Å². The van der Waals surface area contributed by atoms with Gasteiger partial charge < -0.3 is 30.2 Å². The highest BCUT2D eigenvalue weighted by atomic mass is 35.5. The summed E-state index contributed by atoms with van der Waals surface area (Å²) in [6.45, 7) is 9.76. The highest BCUT2D eigenvalue weighted by Gasteiger charge is 2.32. The molecule has 2 aliphatic rings. The average Bonchev–Trinajstić information content (AvgIpc) is 2.98. The van der Waals surface area contributed by atoms with Crippen LogP contribution in [-0.4, -0.2) is 72.6 Å². The maximum absolute atomic E-state index is 11.8. The Balaban J connectivity index is 1.25. The molecule has 3 heterocycles. The number of aromatic nitrogens is 2. The van der Waals surface area contributed by atoms with E-state index in [0.29, 0.717) is 62.1 Å². The molecule has 10 nitrogen and oxygen atoms in total. The summed E-state index contributed by atoms with van der Waals surface area (Å²) in [5.74, 6) is 1.13. The average molecular weight is 613 g/mol. The van der Waals surface area contributed by atoms with E-state index < -0.39 is 11.0 Å². The number of carbonyl (C=O) groups is 1. The van der Waals surface area contributed by atoms with Crippen LogP contribution in [-0.2, 0) is 19.0 Å². The predicted octanol–water partition coefficient (Wildman–Crippen LogP) is 5.59. The Bertz CT molecular complexity index is 1250. The van der Waals surface area contributed by atoms with Crippen molar-refractivity contribution in [2.24, 2.45) is 5.41 Å². The maximum Gasteiger partial charge on any atom is 0.332 e. The van der Waals surface area contributed by atoms with Gasteiger partial charge >= 0.3 is 5.97 Å². The zero-order chi connectivity index (χ0) is 30.9. The molecule has 0 aromatic carbocycles. The number of ether oxygens (including phenoxy) is 3. The van der Waals surface area contributed by atoms with Crippen molar-refractivity contribution in [2.75, 3.05) is 43.6 Å². The van der Waals surface area contributed by atoms with Crippen molar-refractivity contribution < 1.29 is 19.0 Å². The van der Waals surface area contributed by atoms with Gasteiger partial charge in [-0.3, -0.25) is 0 Å². The smallest absolute Gasteiger partial charge is 0.332 e. The van der Waals surface area contributed by atoms with Crippen LogP contribution >= 0.6 is 11.6 Å². The molecule has 0 spiro atoms. The van der Waals surface area contributed by atoms with Crippen molar-refractivity contribution >= 4 is 29.2 Å². The van der Waals surface area contributed by atoms with Crippen molar-refractivity contribution in [2.45, 2.75) is 89.9 Å². The second-order valence-electron chi connectivity index (χ2n) is 12.7. The number of carbonyl (C=O) groups excluding carboxylic acids is 1. The van der Waals surface area contributed by atoms with Crippen LogP contribution in [0.4, 0.5) is 11.6 Å². The molecule has 2 aromatic heterocycles. The van der Waals surface area contributed by atoms with Crippen LogP contribution in [0, 0.1) is 16.7 Å². The van der Waals surface area contributed by atoms with Crippen LogP contribution in [0.2, 0.25) is 5.02 Å². The van der Waals surface area contributed by atoms with Crippen LogP contribution in [0.15, 0.2) is 30.5 Å². The number of hydrogen-bond acceptors (Lipinski definition) is 10. The summed E-state index contributed by atoms with van der Waals surface area (Å²) in [5, 5.41) is 20.9. The molecule has 2 aromatic rings.